The molecule has 5 heteroatoms. The number of hydrogen-bond donors (Lipinski definition) is 0. The Kier molecular flexibility index (Phi) is 16.0. The van der Waals surface area contributed by atoms with E-state index in [0.29, 0.717) is 21.9 Å². The van der Waals surface area contributed by atoms with Gasteiger partial charge in [0.25, 0.3) is 0 Å². The van der Waals surface area contributed by atoms with Gasteiger partial charge in [0.1, 0.15) is 0 Å². The average Bonchev–Trinajstić information content (AvgIpc) is 1.57. The normalized spacial score (nSPS) is 12.2. The lowest BCUT2D eigenvalue weighted by Gasteiger charge is -2.23. The van der Waals surface area contributed by atoms with Crippen LogP contribution in [0.4, 0.5) is 0 Å². The van der Waals surface area contributed by atoms with E-state index in [9.17, 15) is 0 Å². The first-order valence-corrected chi connectivity index (χ1v) is 45.9. The fraction of sp³-hybridized carbons (Fsp3) is 0. The molecule has 2 heterocycles. The maximum absolute atomic E-state index is 19.3. The molecule has 0 unspecified atom stereocenters. The zero-order chi connectivity index (χ0) is 82.3. The molecule has 0 spiro atoms. The van der Waals surface area contributed by atoms with Crippen molar-refractivity contribution in [2.24, 2.45) is 0 Å². The van der Waals surface area contributed by atoms with Gasteiger partial charge in [-0.1, -0.05) is 376 Å². The minimum Gasteiger partial charge on any atom is -0.218 e. The lowest BCUT2D eigenvalue weighted by molar-refractivity contribution is 0.598. The Hall–Kier alpha value is -15.2. The van der Waals surface area contributed by atoms with E-state index in [1.807, 2.05) is 0 Å². The Bertz CT molecular complexity index is 8590. The predicted octanol–water partition coefficient (Wildman–Crippen LogP) is 34.4. The van der Waals surface area contributed by atoms with Crippen LogP contribution >= 0.6 is 22.7 Å². The van der Waals surface area contributed by atoms with Gasteiger partial charge in [-0.15, -0.1) is 22.7 Å². The molecule has 0 aliphatic carbocycles. The van der Waals surface area contributed by atoms with E-state index in [4.69, 9.17) is 0 Å². The van der Waals surface area contributed by atoms with Gasteiger partial charge in [0.15, 0.2) is 0 Å². The monoisotopic (exact) mass is 1640 g/mol. The van der Waals surface area contributed by atoms with Crippen molar-refractivity contribution in [2.75, 3.05) is 0 Å². The summed E-state index contributed by atoms with van der Waals surface area (Å²) in [5.74, 6) is 0. The van der Waals surface area contributed by atoms with Crippen LogP contribution in [0.15, 0.2) is 434 Å². The second kappa shape index (κ2) is 27.9. The molecule has 580 valence electrons. The molecule has 0 aliphatic heterocycles. The Morgan fingerprint density at radius 3 is 0.576 bits per heavy atom. The van der Waals surface area contributed by atoms with Crippen LogP contribution in [-0.2, 0) is 9.84 Å². The maximum atomic E-state index is 19.3. The molecule has 26 rings (SSSR count). The summed E-state index contributed by atoms with van der Waals surface area (Å²) in [5.41, 5.74) is 16.4. The number of benzene rings is 24. The molecule has 0 amide bonds. The molecule has 2 nitrogen and oxygen atoms in total. The maximum Gasteiger partial charge on any atom is 0.209 e. The van der Waals surface area contributed by atoms with Crippen LogP contribution in [0.5, 0.6) is 0 Å². The quantitative estimate of drug-likeness (QED) is 0.128. The van der Waals surface area contributed by atoms with Crippen LogP contribution < -0.4 is 0 Å². The highest BCUT2D eigenvalue weighted by molar-refractivity contribution is 7.92. The third kappa shape index (κ3) is 10.9. The van der Waals surface area contributed by atoms with Crippen molar-refractivity contribution in [3.05, 3.63) is 425 Å². The van der Waals surface area contributed by atoms with Crippen LogP contribution in [-0.4, -0.2) is 8.42 Å². The van der Waals surface area contributed by atoms with E-state index in [2.05, 4.69) is 425 Å². The first kappa shape index (κ1) is 71.5. The summed E-state index contributed by atoms with van der Waals surface area (Å²) in [6, 6.07) is 154. The molecule has 26 aromatic rings. The van der Waals surface area contributed by atoms with Crippen molar-refractivity contribution in [3.8, 4) is 89.0 Å². The van der Waals surface area contributed by atoms with Crippen LogP contribution in [0, 0.1) is 0 Å². The number of thiophene rings is 2. The van der Waals surface area contributed by atoms with E-state index in [0.717, 1.165) is 204 Å². The van der Waals surface area contributed by atoms with Gasteiger partial charge in [0, 0.05) is 51.5 Å². The molecular weight excluding hydrogens is 1570 g/mol. The predicted molar refractivity (Wildman–Crippen MR) is 538 cm³/mol. The first-order chi connectivity index (χ1) is 61.8. The van der Waals surface area contributed by atoms with Crippen LogP contribution in [0.25, 0.3) is 259 Å². The summed E-state index contributed by atoms with van der Waals surface area (Å²) in [7, 11) is -4.84. The summed E-state index contributed by atoms with van der Waals surface area (Å²) in [4.78, 5) is 0.544. The van der Waals surface area contributed by atoms with Gasteiger partial charge in [-0.25, -0.2) is 8.42 Å². The van der Waals surface area contributed by atoms with Gasteiger partial charge in [0.05, 0.1) is 9.79 Å². The van der Waals surface area contributed by atoms with E-state index in [1.54, 1.807) is 22.7 Å². The molecule has 0 radical (unpaired) electrons. The van der Waals surface area contributed by atoms with Gasteiger partial charge < -0.3 is 0 Å². The van der Waals surface area contributed by atoms with E-state index in [-0.39, 0.29) is 9.79 Å². The second-order valence-electron chi connectivity index (χ2n) is 33.4. The standard InChI is InChI=1S/C120H70O2S3/c121-125(122,119-103(115-97-45-21-17-41-93(97)111(94-42-18-22-46-98(94)115)81-55-51-73-27-3-7-31-77(73)67-81)61-63-105-117(119)101-59-57-83(69-107(101)123-105)113-89-37-13-9-33-85(89)109(86-34-10-14-38-90(86)113)79-53-49-71-25-1-5-29-75(71)65-79)120-104(116-99-47-23-19-43-95(99)112(96-44-20-24-48-100(96)116)82-56-52-74-28-4-8-32-78(74)68-82)62-64-106-118(120)102-60-58-84(70-108(102)124-106)114-91-39-15-11-35-87(91)110(88-36-12-16-40-92(88)114)80-54-50-72-26-2-6-30-76(72)66-80/h1-70H. The summed E-state index contributed by atoms with van der Waals surface area (Å²) in [5, 5.41) is 29.7. The molecule has 0 saturated heterocycles. The fourth-order valence-corrected chi connectivity index (χ4v) is 25.9. The highest BCUT2D eigenvalue weighted by Gasteiger charge is 2.36. The number of sulfone groups is 1. The van der Waals surface area contributed by atoms with Crippen LogP contribution in [0.1, 0.15) is 0 Å². The molecule has 125 heavy (non-hydrogen) atoms. The van der Waals surface area contributed by atoms with Crippen molar-refractivity contribution < 1.29 is 8.42 Å². The van der Waals surface area contributed by atoms with E-state index >= 15 is 8.42 Å². The molecule has 2 aromatic heterocycles. The molecule has 0 bridgehead atoms. The Morgan fingerprint density at radius 2 is 0.344 bits per heavy atom. The Balaban J connectivity index is 0.775. The molecule has 0 saturated carbocycles. The molecule has 0 aliphatic rings. The summed E-state index contributed by atoms with van der Waals surface area (Å²) in [6.45, 7) is 0. The van der Waals surface area contributed by atoms with Crippen molar-refractivity contribution in [1.29, 1.82) is 0 Å². The number of hydrogen-bond acceptors (Lipinski definition) is 4. The molecular formula is C120H70O2S3. The third-order valence-electron chi connectivity index (χ3n) is 26.7. The molecule has 0 atom stereocenters. The number of rotatable bonds is 10. The fourth-order valence-electron chi connectivity index (χ4n) is 21.4. The van der Waals surface area contributed by atoms with Gasteiger partial charge >= 0.3 is 0 Å². The summed E-state index contributed by atoms with van der Waals surface area (Å²) in [6.07, 6.45) is 0. The van der Waals surface area contributed by atoms with Crippen molar-refractivity contribution in [2.45, 2.75) is 9.79 Å². The zero-order valence-electron chi connectivity index (χ0n) is 67.5. The van der Waals surface area contributed by atoms with Gasteiger partial charge in [-0.3, -0.25) is 0 Å². The van der Waals surface area contributed by atoms with Crippen molar-refractivity contribution >= 4 is 202 Å². The average molecular weight is 1640 g/mol. The van der Waals surface area contributed by atoms with Crippen molar-refractivity contribution in [1.82, 2.24) is 0 Å². The second-order valence-corrected chi connectivity index (χ2v) is 37.4. The van der Waals surface area contributed by atoms with E-state index < -0.39 is 9.84 Å². The third-order valence-corrected chi connectivity index (χ3v) is 30.9. The number of fused-ring (bicyclic) bond motifs is 18. The van der Waals surface area contributed by atoms with Gasteiger partial charge in [-0.05, 0) is 256 Å². The smallest absolute Gasteiger partial charge is 0.209 e. The van der Waals surface area contributed by atoms with Crippen LogP contribution in [0.3, 0.4) is 0 Å². The minimum absolute atomic E-state index is 0.272. The SMILES string of the molecule is O=S(=O)(c1c(-c2c3ccccc3c(-c3ccc4ccccc4c3)c3ccccc23)ccc2sc3cc(-c4c5ccccc5c(-c5ccc6ccccc6c5)c5ccccc45)ccc3c12)c1c(-c2c3ccccc3c(-c3ccc4ccccc4c3)c3ccccc23)ccc2sc3cc(-c4c5ccccc5c(-c5ccc6ccccc6c5)c5ccccc45)ccc3c12. The van der Waals surface area contributed by atoms with E-state index in [1.165, 1.54) is 32.7 Å². The van der Waals surface area contributed by atoms with Crippen LogP contribution in [0.2, 0.25) is 0 Å². The Labute approximate surface area is 728 Å². The first-order valence-electron chi connectivity index (χ1n) is 42.7. The molecule has 0 N–H and O–H groups in total. The van der Waals surface area contributed by atoms with Crippen molar-refractivity contribution in [3.63, 3.8) is 0 Å². The lowest BCUT2D eigenvalue weighted by Crippen LogP contribution is -2.08. The highest BCUT2D eigenvalue weighted by atomic mass is 32.2. The lowest BCUT2D eigenvalue weighted by atomic mass is 9.85. The largest absolute Gasteiger partial charge is 0.218 e. The molecule has 24 aromatic carbocycles. The van der Waals surface area contributed by atoms with Gasteiger partial charge in [-0.2, -0.15) is 0 Å². The highest BCUT2D eigenvalue weighted by Crippen LogP contribution is 2.57. The summed E-state index contributed by atoms with van der Waals surface area (Å²) < 4.78 is 42.3. The molecule has 0 fully saturated rings. The summed E-state index contributed by atoms with van der Waals surface area (Å²) >= 11 is 3.34. The topological polar surface area (TPSA) is 34.1 Å². The zero-order valence-corrected chi connectivity index (χ0v) is 69.9. The Morgan fingerprint density at radius 1 is 0.152 bits per heavy atom. The van der Waals surface area contributed by atoms with Gasteiger partial charge in [0.2, 0.25) is 9.84 Å². The minimum atomic E-state index is -4.84.